The van der Waals surface area contributed by atoms with Crippen molar-refractivity contribution in [3.63, 3.8) is 0 Å². The van der Waals surface area contributed by atoms with Crippen molar-refractivity contribution >= 4 is 21.8 Å². The molecule has 0 radical (unpaired) electrons. The molecular formula is C14H21BrF3NO. The Hall–Kier alpha value is -0.260. The van der Waals surface area contributed by atoms with Crippen LogP contribution in [0.4, 0.5) is 13.2 Å². The third-order valence-electron chi connectivity index (χ3n) is 4.57. The van der Waals surface area contributed by atoms with Crippen LogP contribution in [0.15, 0.2) is 0 Å². The Kier molecular flexibility index (Phi) is 5.37. The van der Waals surface area contributed by atoms with Gasteiger partial charge in [0.15, 0.2) is 0 Å². The highest BCUT2D eigenvalue weighted by Crippen LogP contribution is 2.39. The molecule has 2 atom stereocenters. The number of carbonyl (C=O) groups is 1. The van der Waals surface area contributed by atoms with Crippen LogP contribution in [0, 0.1) is 11.8 Å². The third kappa shape index (κ3) is 4.12. The van der Waals surface area contributed by atoms with Crippen molar-refractivity contribution in [2.24, 2.45) is 11.8 Å². The zero-order valence-corrected chi connectivity index (χ0v) is 13.0. The summed E-state index contributed by atoms with van der Waals surface area (Å²) in [5.41, 5.74) is 0. The van der Waals surface area contributed by atoms with E-state index in [1.807, 2.05) is 0 Å². The fourth-order valence-electron chi connectivity index (χ4n) is 3.23. The first kappa shape index (κ1) is 16.1. The minimum absolute atomic E-state index is 0.0537. The summed E-state index contributed by atoms with van der Waals surface area (Å²) in [5.74, 6) is -1.51. The molecule has 0 aromatic carbocycles. The van der Waals surface area contributed by atoms with Crippen molar-refractivity contribution in [2.45, 2.75) is 68.4 Å². The Balaban J connectivity index is 1.80. The Labute approximate surface area is 126 Å². The molecule has 1 N–H and O–H groups in total. The Bertz CT molecular complexity index is 340. The summed E-state index contributed by atoms with van der Waals surface area (Å²) in [5, 5.41) is 3.02. The molecule has 2 nitrogen and oxygen atoms in total. The average Bonchev–Trinajstić information content (AvgIpc) is 2.40. The maximum absolute atomic E-state index is 12.6. The van der Waals surface area contributed by atoms with Crippen LogP contribution in [0.1, 0.15) is 51.4 Å². The lowest BCUT2D eigenvalue weighted by atomic mass is 9.81. The van der Waals surface area contributed by atoms with E-state index in [0.29, 0.717) is 17.7 Å². The van der Waals surface area contributed by atoms with Crippen LogP contribution in [-0.2, 0) is 4.79 Å². The predicted octanol–water partition coefficient (Wildman–Crippen LogP) is 4.18. The van der Waals surface area contributed by atoms with Gasteiger partial charge in [0.25, 0.3) is 0 Å². The number of halogens is 4. The molecule has 1 amide bonds. The van der Waals surface area contributed by atoms with E-state index >= 15 is 0 Å². The number of hydrogen-bond acceptors (Lipinski definition) is 1. The number of hydrogen-bond donors (Lipinski definition) is 1. The fourth-order valence-corrected chi connectivity index (χ4v) is 3.95. The second kappa shape index (κ2) is 6.67. The summed E-state index contributed by atoms with van der Waals surface area (Å²) in [6, 6.07) is 0.136. The van der Waals surface area contributed by atoms with Crippen LogP contribution < -0.4 is 5.32 Å². The number of nitrogens with one attached hydrogen (secondary N) is 1. The lowest BCUT2D eigenvalue weighted by molar-refractivity contribution is -0.184. The van der Waals surface area contributed by atoms with Crippen LogP contribution >= 0.6 is 15.9 Å². The molecule has 2 aliphatic rings. The zero-order chi connectivity index (χ0) is 14.8. The monoisotopic (exact) mass is 355 g/mol. The molecule has 0 bridgehead atoms. The van der Waals surface area contributed by atoms with Gasteiger partial charge in [-0.15, -0.1) is 0 Å². The van der Waals surface area contributed by atoms with Gasteiger partial charge in [0, 0.05) is 16.8 Å². The summed E-state index contributed by atoms with van der Waals surface area (Å²) in [6.07, 6.45) is 1.06. The molecule has 2 fully saturated rings. The fraction of sp³-hybridized carbons (Fsp3) is 0.929. The largest absolute Gasteiger partial charge is 0.391 e. The number of amides is 1. The van der Waals surface area contributed by atoms with Gasteiger partial charge < -0.3 is 5.32 Å². The molecule has 2 saturated carbocycles. The molecule has 20 heavy (non-hydrogen) atoms. The highest BCUT2D eigenvalue weighted by molar-refractivity contribution is 9.09. The summed E-state index contributed by atoms with van der Waals surface area (Å²) in [7, 11) is 0. The molecule has 0 aromatic heterocycles. The Morgan fingerprint density at radius 3 is 2.15 bits per heavy atom. The molecule has 2 unspecified atom stereocenters. The maximum Gasteiger partial charge on any atom is 0.391 e. The minimum Gasteiger partial charge on any atom is -0.352 e. The van der Waals surface area contributed by atoms with Crippen LogP contribution in [0.25, 0.3) is 0 Å². The van der Waals surface area contributed by atoms with E-state index in [1.165, 1.54) is 6.42 Å². The number of rotatable bonds is 2. The molecule has 2 rings (SSSR count). The van der Waals surface area contributed by atoms with E-state index in [1.54, 1.807) is 0 Å². The Morgan fingerprint density at radius 2 is 1.60 bits per heavy atom. The van der Waals surface area contributed by atoms with Gasteiger partial charge in [0.2, 0.25) is 5.91 Å². The molecule has 0 saturated heterocycles. The van der Waals surface area contributed by atoms with E-state index in [-0.39, 0.29) is 30.7 Å². The van der Waals surface area contributed by atoms with Gasteiger partial charge in [-0.25, -0.2) is 0 Å². The summed E-state index contributed by atoms with van der Waals surface area (Å²) >= 11 is 3.58. The quantitative estimate of drug-likeness (QED) is 0.739. The van der Waals surface area contributed by atoms with Crippen LogP contribution in [0.5, 0.6) is 0 Å². The molecule has 116 valence electrons. The molecule has 2 aliphatic carbocycles. The van der Waals surface area contributed by atoms with Crippen molar-refractivity contribution in [1.29, 1.82) is 0 Å². The van der Waals surface area contributed by atoms with Crippen molar-refractivity contribution in [2.75, 3.05) is 0 Å². The second-order valence-electron chi connectivity index (χ2n) is 6.01. The minimum atomic E-state index is -4.11. The molecular weight excluding hydrogens is 335 g/mol. The van der Waals surface area contributed by atoms with Gasteiger partial charge in [-0.05, 0) is 38.5 Å². The smallest absolute Gasteiger partial charge is 0.352 e. The highest BCUT2D eigenvalue weighted by Gasteiger charge is 2.42. The molecule has 0 aliphatic heterocycles. The predicted molar refractivity (Wildman–Crippen MR) is 74.6 cm³/mol. The standard InChI is InChI=1S/C14H21BrF3NO/c15-11-3-1-2-4-12(11)19-13(20)9-5-7-10(8-6-9)14(16,17)18/h9-12H,1-8H2,(H,19,20). The van der Waals surface area contributed by atoms with Crippen molar-refractivity contribution in [3.8, 4) is 0 Å². The lowest BCUT2D eigenvalue weighted by Crippen LogP contribution is -2.46. The first-order chi connectivity index (χ1) is 9.38. The van der Waals surface area contributed by atoms with Gasteiger partial charge >= 0.3 is 6.18 Å². The van der Waals surface area contributed by atoms with Gasteiger partial charge in [0.1, 0.15) is 0 Å². The number of carbonyl (C=O) groups excluding carboxylic acids is 1. The van der Waals surface area contributed by atoms with E-state index in [4.69, 9.17) is 0 Å². The number of alkyl halides is 4. The van der Waals surface area contributed by atoms with Crippen LogP contribution in [0.2, 0.25) is 0 Å². The van der Waals surface area contributed by atoms with Crippen LogP contribution in [-0.4, -0.2) is 23.0 Å². The zero-order valence-electron chi connectivity index (χ0n) is 11.4. The maximum atomic E-state index is 12.6. The molecule has 6 heteroatoms. The van der Waals surface area contributed by atoms with E-state index in [9.17, 15) is 18.0 Å². The van der Waals surface area contributed by atoms with Gasteiger partial charge in [-0.1, -0.05) is 28.8 Å². The normalized spacial score (nSPS) is 35.6. The van der Waals surface area contributed by atoms with Crippen molar-refractivity contribution in [3.05, 3.63) is 0 Å². The van der Waals surface area contributed by atoms with Gasteiger partial charge in [0.05, 0.1) is 5.92 Å². The molecule has 0 aromatic rings. The average molecular weight is 356 g/mol. The van der Waals surface area contributed by atoms with Crippen molar-refractivity contribution < 1.29 is 18.0 Å². The topological polar surface area (TPSA) is 29.1 Å². The van der Waals surface area contributed by atoms with E-state index < -0.39 is 12.1 Å². The van der Waals surface area contributed by atoms with E-state index in [0.717, 1.165) is 19.3 Å². The van der Waals surface area contributed by atoms with Gasteiger partial charge in [-0.2, -0.15) is 13.2 Å². The Morgan fingerprint density at radius 1 is 1.00 bits per heavy atom. The van der Waals surface area contributed by atoms with E-state index in [2.05, 4.69) is 21.2 Å². The van der Waals surface area contributed by atoms with Crippen molar-refractivity contribution in [1.82, 2.24) is 5.32 Å². The van der Waals surface area contributed by atoms with Crippen LogP contribution in [0.3, 0.4) is 0 Å². The highest BCUT2D eigenvalue weighted by atomic mass is 79.9. The molecule has 0 heterocycles. The first-order valence-corrected chi connectivity index (χ1v) is 8.30. The lowest BCUT2D eigenvalue weighted by Gasteiger charge is -2.32. The molecule has 0 spiro atoms. The summed E-state index contributed by atoms with van der Waals surface area (Å²) < 4.78 is 37.8. The first-order valence-electron chi connectivity index (χ1n) is 7.39. The summed E-state index contributed by atoms with van der Waals surface area (Å²) in [4.78, 5) is 12.5. The van der Waals surface area contributed by atoms with Gasteiger partial charge in [-0.3, -0.25) is 4.79 Å². The summed E-state index contributed by atoms with van der Waals surface area (Å²) in [6.45, 7) is 0. The third-order valence-corrected chi connectivity index (χ3v) is 5.67. The SMILES string of the molecule is O=C(NC1CCCCC1Br)C1CCC(C(F)(F)F)CC1. The second-order valence-corrected chi connectivity index (χ2v) is 7.18.